The molecule has 2 rings (SSSR count). The second-order valence-electron chi connectivity index (χ2n) is 7.45. The number of hydrogen-bond acceptors (Lipinski definition) is 3. The number of carbonyl (C=O) groups excluding carboxylic acids is 2. The van der Waals surface area contributed by atoms with Crippen LogP contribution in [-0.2, 0) is 20.8 Å². The van der Waals surface area contributed by atoms with Crippen molar-refractivity contribution in [3.63, 3.8) is 0 Å². The normalized spacial score (nSPS) is 21.3. The van der Waals surface area contributed by atoms with E-state index in [-0.39, 0.29) is 30.1 Å². The highest BCUT2D eigenvalue weighted by Crippen LogP contribution is 2.24. The van der Waals surface area contributed by atoms with Crippen molar-refractivity contribution in [2.45, 2.75) is 39.7 Å². The fraction of sp³-hybridized carbons (Fsp3) is 0.550. The number of rotatable bonds is 6. The molecule has 2 amide bonds. The van der Waals surface area contributed by atoms with Gasteiger partial charge in [-0.1, -0.05) is 51.1 Å². The Labute approximate surface area is 154 Å². The number of carboxylic acid groups (broad SMARTS) is 1. The fourth-order valence-electron chi connectivity index (χ4n) is 3.43. The van der Waals surface area contributed by atoms with Crippen LogP contribution in [0.25, 0.3) is 0 Å². The zero-order chi connectivity index (χ0) is 19.3. The van der Waals surface area contributed by atoms with E-state index in [1.165, 1.54) is 0 Å². The maximum Gasteiger partial charge on any atom is 0.306 e. The Morgan fingerprint density at radius 3 is 2.42 bits per heavy atom. The van der Waals surface area contributed by atoms with Crippen molar-refractivity contribution in [3.8, 4) is 0 Å². The van der Waals surface area contributed by atoms with Gasteiger partial charge in [-0.3, -0.25) is 14.4 Å². The Hall–Kier alpha value is -2.37. The Morgan fingerprint density at radius 1 is 1.23 bits per heavy atom. The van der Waals surface area contributed by atoms with E-state index in [1.54, 1.807) is 4.90 Å². The van der Waals surface area contributed by atoms with Crippen molar-refractivity contribution in [3.05, 3.63) is 35.9 Å². The Morgan fingerprint density at radius 2 is 1.88 bits per heavy atom. The lowest BCUT2D eigenvalue weighted by Crippen LogP contribution is -2.55. The Balaban J connectivity index is 1.99. The van der Waals surface area contributed by atoms with E-state index < -0.39 is 17.9 Å². The van der Waals surface area contributed by atoms with Crippen LogP contribution in [0.4, 0.5) is 0 Å². The molecular weight excluding hydrogens is 332 g/mol. The monoisotopic (exact) mass is 360 g/mol. The molecule has 1 aromatic rings. The molecule has 1 aliphatic rings. The van der Waals surface area contributed by atoms with E-state index in [0.29, 0.717) is 19.5 Å². The number of nitrogens with zero attached hydrogens (tertiary/aromatic N) is 1. The first-order valence-corrected chi connectivity index (χ1v) is 9.14. The van der Waals surface area contributed by atoms with Crippen LogP contribution >= 0.6 is 0 Å². The van der Waals surface area contributed by atoms with Gasteiger partial charge in [-0.25, -0.2) is 0 Å². The van der Waals surface area contributed by atoms with Crippen molar-refractivity contribution in [2.75, 3.05) is 13.1 Å². The predicted octanol–water partition coefficient (Wildman–Crippen LogP) is 1.94. The molecule has 0 spiro atoms. The van der Waals surface area contributed by atoms with E-state index in [9.17, 15) is 19.5 Å². The van der Waals surface area contributed by atoms with Crippen molar-refractivity contribution >= 4 is 17.8 Å². The summed E-state index contributed by atoms with van der Waals surface area (Å²) in [4.78, 5) is 38.2. The van der Waals surface area contributed by atoms with Crippen LogP contribution in [0, 0.1) is 17.8 Å². The highest BCUT2D eigenvalue weighted by Gasteiger charge is 2.36. The van der Waals surface area contributed by atoms with Crippen molar-refractivity contribution < 1.29 is 19.5 Å². The predicted molar refractivity (Wildman–Crippen MR) is 98.4 cm³/mol. The molecule has 1 saturated heterocycles. The summed E-state index contributed by atoms with van der Waals surface area (Å²) >= 11 is 0. The van der Waals surface area contributed by atoms with Crippen molar-refractivity contribution in [1.82, 2.24) is 10.2 Å². The van der Waals surface area contributed by atoms with Gasteiger partial charge in [0.05, 0.1) is 12.3 Å². The summed E-state index contributed by atoms with van der Waals surface area (Å²) in [5.74, 6) is -1.67. The molecule has 3 unspecified atom stereocenters. The van der Waals surface area contributed by atoms with Gasteiger partial charge in [0.25, 0.3) is 0 Å². The van der Waals surface area contributed by atoms with Crippen LogP contribution in [0.5, 0.6) is 0 Å². The summed E-state index contributed by atoms with van der Waals surface area (Å²) in [6.45, 7) is 6.49. The van der Waals surface area contributed by atoms with Gasteiger partial charge in [0.1, 0.15) is 6.04 Å². The lowest BCUT2D eigenvalue weighted by Gasteiger charge is -2.37. The average Bonchev–Trinajstić information content (AvgIpc) is 2.59. The summed E-state index contributed by atoms with van der Waals surface area (Å²) in [6, 6.07) is 8.81. The molecule has 1 heterocycles. The maximum absolute atomic E-state index is 12.9. The summed E-state index contributed by atoms with van der Waals surface area (Å²) in [5, 5.41) is 12.1. The number of hydrogen-bond donors (Lipinski definition) is 2. The molecule has 0 aromatic heterocycles. The minimum atomic E-state index is -0.804. The van der Waals surface area contributed by atoms with Gasteiger partial charge in [-0.05, 0) is 23.8 Å². The van der Waals surface area contributed by atoms with Gasteiger partial charge in [0.2, 0.25) is 11.8 Å². The number of likely N-dealkylation sites (tertiary alicyclic amines) is 1. The minimum Gasteiger partial charge on any atom is -0.481 e. The van der Waals surface area contributed by atoms with E-state index in [0.717, 1.165) is 5.56 Å². The van der Waals surface area contributed by atoms with Crippen molar-refractivity contribution in [1.29, 1.82) is 0 Å². The quantitative estimate of drug-likeness (QED) is 0.812. The fourth-order valence-corrected chi connectivity index (χ4v) is 3.43. The highest BCUT2D eigenvalue weighted by molar-refractivity contribution is 5.88. The molecule has 0 saturated carbocycles. The minimum absolute atomic E-state index is 0.0465. The lowest BCUT2D eigenvalue weighted by molar-refractivity contribution is -0.149. The zero-order valence-electron chi connectivity index (χ0n) is 15.6. The third-order valence-electron chi connectivity index (χ3n) is 4.99. The van der Waals surface area contributed by atoms with E-state index in [1.807, 2.05) is 51.1 Å². The molecule has 142 valence electrons. The van der Waals surface area contributed by atoms with E-state index >= 15 is 0 Å². The number of benzene rings is 1. The Kier molecular flexibility index (Phi) is 6.77. The number of carbonyl (C=O) groups is 3. The van der Waals surface area contributed by atoms with Gasteiger partial charge in [-0.2, -0.15) is 0 Å². The molecule has 3 atom stereocenters. The number of piperidine rings is 1. The zero-order valence-corrected chi connectivity index (χ0v) is 15.6. The Bertz CT molecular complexity index is 644. The molecule has 1 aromatic carbocycles. The summed E-state index contributed by atoms with van der Waals surface area (Å²) in [5.41, 5.74) is 0.899. The third kappa shape index (κ3) is 5.07. The van der Waals surface area contributed by atoms with Crippen LogP contribution < -0.4 is 5.32 Å². The van der Waals surface area contributed by atoms with Crippen molar-refractivity contribution in [2.24, 2.45) is 17.8 Å². The molecule has 6 heteroatoms. The molecule has 2 N–H and O–H groups in total. The van der Waals surface area contributed by atoms with Crippen LogP contribution in [-0.4, -0.2) is 46.9 Å². The van der Waals surface area contributed by atoms with E-state index in [4.69, 9.17) is 0 Å². The molecule has 1 aliphatic heterocycles. The van der Waals surface area contributed by atoms with Crippen LogP contribution in [0.1, 0.15) is 32.8 Å². The third-order valence-corrected chi connectivity index (χ3v) is 4.99. The summed E-state index contributed by atoms with van der Waals surface area (Å²) in [7, 11) is 0. The molecular formula is C20H28N2O4. The van der Waals surface area contributed by atoms with Crippen LogP contribution in [0.3, 0.4) is 0 Å². The summed E-state index contributed by atoms with van der Waals surface area (Å²) in [6.07, 6.45) is 0.680. The molecule has 0 radical (unpaired) electrons. The molecule has 1 fully saturated rings. The second-order valence-corrected chi connectivity index (χ2v) is 7.45. The number of amides is 2. The molecule has 0 bridgehead atoms. The van der Waals surface area contributed by atoms with Crippen LogP contribution in [0.15, 0.2) is 30.3 Å². The highest BCUT2D eigenvalue weighted by atomic mass is 16.4. The van der Waals surface area contributed by atoms with Gasteiger partial charge in [0, 0.05) is 13.1 Å². The SMILES string of the molecule is CC(C)C(NC(=O)Cc1ccccc1)C(=O)N1CCC(C(=O)O)C(C)C1. The molecule has 0 aliphatic carbocycles. The molecule has 26 heavy (non-hydrogen) atoms. The standard InChI is InChI=1S/C20H28N2O4/c1-13(2)18(21-17(23)11-15-7-5-4-6-8-15)19(24)22-10-9-16(20(25)26)14(3)12-22/h4-8,13-14,16,18H,9-12H2,1-3H3,(H,21,23)(H,25,26). The largest absolute Gasteiger partial charge is 0.481 e. The first-order chi connectivity index (χ1) is 12.3. The summed E-state index contributed by atoms with van der Waals surface area (Å²) < 4.78 is 0. The lowest BCUT2D eigenvalue weighted by atomic mass is 9.86. The number of carboxylic acids is 1. The van der Waals surface area contributed by atoms with Gasteiger partial charge in [-0.15, -0.1) is 0 Å². The number of aliphatic carboxylic acids is 1. The number of nitrogens with one attached hydrogen (secondary N) is 1. The first kappa shape index (κ1) is 19.9. The van der Waals surface area contributed by atoms with Gasteiger partial charge >= 0.3 is 5.97 Å². The topological polar surface area (TPSA) is 86.7 Å². The maximum atomic E-state index is 12.9. The van der Waals surface area contributed by atoms with E-state index in [2.05, 4.69) is 5.32 Å². The van der Waals surface area contributed by atoms with Gasteiger partial charge < -0.3 is 15.3 Å². The average molecular weight is 360 g/mol. The molecule has 6 nitrogen and oxygen atoms in total. The van der Waals surface area contributed by atoms with Crippen LogP contribution in [0.2, 0.25) is 0 Å². The second kappa shape index (κ2) is 8.83. The smallest absolute Gasteiger partial charge is 0.306 e. The van der Waals surface area contributed by atoms with Gasteiger partial charge in [0.15, 0.2) is 0 Å². The first-order valence-electron chi connectivity index (χ1n) is 9.14.